The maximum Gasteiger partial charge on any atom is 0.267 e. The third-order valence-corrected chi connectivity index (χ3v) is 3.84. The zero-order valence-electron chi connectivity index (χ0n) is 13.1. The molecule has 1 atom stereocenters. The van der Waals surface area contributed by atoms with Crippen molar-refractivity contribution in [2.45, 2.75) is 26.8 Å². The third-order valence-electron chi connectivity index (χ3n) is 3.84. The van der Waals surface area contributed by atoms with Crippen LogP contribution in [-0.4, -0.2) is 14.9 Å². The van der Waals surface area contributed by atoms with Crippen molar-refractivity contribution in [3.8, 4) is 11.3 Å². The highest BCUT2D eigenvalue weighted by atomic mass is 19.1. The molecular weight excluding hydrogens is 297 g/mol. The van der Waals surface area contributed by atoms with Crippen molar-refractivity contribution in [1.29, 1.82) is 0 Å². The van der Waals surface area contributed by atoms with Crippen LogP contribution < -0.4 is 5.56 Å². The van der Waals surface area contributed by atoms with Crippen LogP contribution in [0, 0.1) is 19.7 Å². The predicted octanol–water partition coefficient (Wildman–Crippen LogP) is 3.26. The zero-order valence-corrected chi connectivity index (χ0v) is 13.1. The van der Waals surface area contributed by atoms with Crippen LogP contribution in [-0.2, 0) is 0 Å². The van der Waals surface area contributed by atoms with Gasteiger partial charge >= 0.3 is 0 Å². The highest BCUT2D eigenvalue weighted by Crippen LogP contribution is 2.25. The summed E-state index contributed by atoms with van der Waals surface area (Å²) in [5.74, 6) is 0.259. The van der Waals surface area contributed by atoms with Gasteiger partial charge in [0.25, 0.3) is 5.56 Å². The van der Waals surface area contributed by atoms with Gasteiger partial charge in [0.15, 0.2) is 0 Å². The number of hydrogen-bond acceptors (Lipinski definition) is 4. The molecular formula is C17H16FN3O2. The Bertz CT molecular complexity index is 895. The molecule has 23 heavy (non-hydrogen) atoms. The summed E-state index contributed by atoms with van der Waals surface area (Å²) in [7, 11) is 0. The molecule has 6 heteroatoms. The number of aromatic nitrogens is 3. The maximum atomic E-state index is 14.0. The van der Waals surface area contributed by atoms with Gasteiger partial charge in [-0.15, -0.1) is 0 Å². The molecule has 0 aliphatic rings. The minimum atomic E-state index is -0.524. The monoisotopic (exact) mass is 313 g/mol. The standard InChI is InChI=1S/C17H16FN3O2/c1-10-17(12(3)23-20-10)15-8-9-16(22)21(19-15)11(2)13-6-4-5-7-14(13)18/h4-9,11H,1-3H3. The Morgan fingerprint density at radius 3 is 2.57 bits per heavy atom. The Morgan fingerprint density at radius 2 is 1.91 bits per heavy atom. The summed E-state index contributed by atoms with van der Waals surface area (Å²) in [6.45, 7) is 5.33. The summed E-state index contributed by atoms with van der Waals surface area (Å²) in [5, 5.41) is 8.29. The minimum absolute atomic E-state index is 0.295. The molecule has 0 bridgehead atoms. The van der Waals surface area contributed by atoms with Crippen molar-refractivity contribution in [3.63, 3.8) is 0 Å². The molecule has 2 aromatic heterocycles. The first kappa shape index (κ1) is 15.1. The number of hydrogen-bond donors (Lipinski definition) is 0. The van der Waals surface area contributed by atoms with Gasteiger partial charge in [0.1, 0.15) is 11.6 Å². The summed E-state index contributed by atoms with van der Waals surface area (Å²) in [6, 6.07) is 8.89. The number of aryl methyl sites for hydroxylation is 2. The van der Waals surface area contributed by atoms with Gasteiger partial charge in [-0.1, -0.05) is 23.4 Å². The lowest BCUT2D eigenvalue weighted by Crippen LogP contribution is -2.26. The average molecular weight is 313 g/mol. The van der Waals surface area contributed by atoms with Gasteiger partial charge in [0.2, 0.25) is 0 Å². The van der Waals surface area contributed by atoms with Crippen LogP contribution in [0.2, 0.25) is 0 Å². The van der Waals surface area contributed by atoms with E-state index in [1.807, 2.05) is 6.92 Å². The van der Waals surface area contributed by atoms with Crippen molar-refractivity contribution >= 4 is 0 Å². The minimum Gasteiger partial charge on any atom is -0.361 e. The fourth-order valence-corrected chi connectivity index (χ4v) is 2.63. The number of benzene rings is 1. The van der Waals surface area contributed by atoms with Crippen molar-refractivity contribution in [3.05, 3.63) is 69.6 Å². The van der Waals surface area contributed by atoms with Gasteiger partial charge in [-0.25, -0.2) is 9.07 Å². The largest absolute Gasteiger partial charge is 0.361 e. The van der Waals surface area contributed by atoms with E-state index in [0.717, 1.165) is 5.56 Å². The topological polar surface area (TPSA) is 60.9 Å². The molecule has 0 spiro atoms. The van der Waals surface area contributed by atoms with E-state index in [1.54, 1.807) is 38.1 Å². The Kier molecular flexibility index (Phi) is 3.82. The van der Waals surface area contributed by atoms with Gasteiger partial charge < -0.3 is 4.52 Å². The summed E-state index contributed by atoms with van der Waals surface area (Å²) in [6.07, 6.45) is 0. The summed E-state index contributed by atoms with van der Waals surface area (Å²) < 4.78 is 20.4. The SMILES string of the molecule is Cc1noc(C)c1-c1ccc(=O)n(C(C)c2ccccc2F)n1. The van der Waals surface area contributed by atoms with E-state index < -0.39 is 6.04 Å². The van der Waals surface area contributed by atoms with Crippen molar-refractivity contribution in [2.75, 3.05) is 0 Å². The predicted molar refractivity (Wildman–Crippen MR) is 83.7 cm³/mol. The lowest BCUT2D eigenvalue weighted by molar-refractivity contribution is 0.393. The Balaban J connectivity index is 2.12. The first-order valence-electron chi connectivity index (χ1n) is 7.26. The van der Waals surface area contributed by atoms with Crippen LogP contribution in [0.5, 0.6) is 0 Å². The zero-order chi connectivity index (χ0) is 16.6. The number of nitrogens with zero attached hydrogens (tertiary/aromatic N) is 3. The number of rotatable bonds is 3. The molecule has 0 aliphatic carbocycles. The molecule has 0 N–H and O–H groups in total. The van der Waals surface area contributed by atoms with Crippen LogP contribution in [0.25, 0.3) is 11.3 Å². The molecule has 1 aromatic carbocycles. The van der Waals surface area contributed by atoms with E-state index in [9.17, 15) is 9.18 Å². The van der Waals surface area contributed by atoms with Gasteiger partial charge in [0, 0.05) is 11.6 Å². The Labute approximate surface area is 132 Å². The first-order valence-corrected chi connectivity index (χ1v) is 7.26. The van der Waals surface area contributed by atoms with Crippen molar-refractivity contribution in [2.24, 2.45) is 0 Å². The molecule has 0 saturated carbocycles. The molecule has 118 valence electrons. The number of halogens is 1. The van der Waals surface area contributed by atoms with Gasteiger partial charge in [-0.3, -0.25) is 4.79 Å². The van der Waals surface area contributed by atoms with E-state index in [2.05, 4.69) is 10.3 Å². The quantitative estimate of drug-likeness (QED) is 0.744. The fourth-order valence-electron chi connectivity index (χ4n) is 2.63. The molecule has 0 fully saturated rings. The molecule has 2 heterocycles. The maximum absolute atomic E-state index is 14.0. The highest BCUT2D eigenvalue weighted by Gasteiger charge is 2.18. The lowest BCUT2D eigenvalue weighted by atomic mass is 10.1. The molecule has 0 amide bonds. The van der Waals surface area contributed by atoms with E-state index in [4.69, 9.17) is 4.52 Å². The first-order chi connectivity index (χ1) is 11.0. The van der Waals surface area contributed by atoms with E-state index >= 15 is 0 Å². The van der Waals surface area contributed by atoms with Gasteiger partial charge in [-0.2, -0.15) is 5.10 Å². The molecule has 3 rings (SSSR count). The molecule has 0 aliphatic heterocycles. The molecule has 5 nitrogen and oxygen atoms in total. The third kappa shape index (κ3) is 2.67. The second-order valence-corrected chi connectivity index (χ2v) is 5.40. The van der Waals surface area contributed by atoms with Crippen LogP contribution >= 0.6 is 0 Å². The molecule has 0 saturated heterocycles. The Hall–Kier alpha value is -2.76. The fraction of sp³-hybridized carbons (Fsp3) is 0.235. The summed E-state index contributed by atoms with van der Waals surface area (Å²) in [4.78, 5) is 12.2. The molecule has 1 unspecified atom stereocenters. The van der Waals surface area contributed by atoms with Crippen LogP contribution in [0.1, 0.15) is 30.0 Å². The second-order valence-electron chi connectivity index (χ2n) is 5.40. The molecule has 3 aromatic rings. The summed E-state index contributed by atoms with van der Waals surface area (Å²) in [5.41, 5.74) is 2.14. The second kappa shape index (κ2) is 5.79. The van der Waals surface area contributed by atoms with Crippen molar-refractivity contribution in [1.82, 2.24) is 14.9 Å². The smallest absolute Gasteiger partial charge is 0.267 e. The van der Waals surface area contributed by atoms with Crippen LogP contribution in [0.4, 0.5) is 4.39 Å². The Morgan fingerprint density at radius 1 is 1.17 bits per heavy atom. The van der Waals surface area contributed by atoms with Gasteiger partial charge in [0.05, 0.1) is 23.0 Å². The summed E-state index contributed by atoms with van der Waals surface area (Å²) >= 11 is 0. The van der Waals surface area contributed by atoms with E-state index in [0.29, 0.717) is 22.7 Å². The van der Waals surface area contributed by atoms with Crippen LogP contribution in [0.3, 0.4) is 0 Å². The highest BCUT2D eigenvalue weighted by molar-refractivity contribution is 5.62. The van der Waals surface area contributed by atoms with Gasteiger partial charge in [-0.05, 0) is 32.9 Å². The van der Waals surface area contributed by atoms with Crippen LogP contribution in [0.15, 0.2) is 45.7 Å². The average Bonchev–Trinajstić information content (AvgIpc) is 2.87. The lowest BCUT2D eigenvalue weighted by Gasteiger charge is -2.15. The normalized spacial score (nSPS) is 12.3. The molecule has 0 radical (unpaired) electrons. The van der Waals surface area contributed by atoms with E-state index in [1.165, 1.54) is 16.8 Å². The van der Waals surface area contributed by atoms with E-state index in [-0.39, 0.29) is 11.4 Å². The van der Waals surface area contributed by atoms with Crippen molar-refractivity contribution < 1.29 is 8.91 Å².